The van der Waals surface area contributed by atoms with Gasteiger partial charge in [-0.15, -0.1) is 0 Å². The van der Waals surface area contributed by atoms with Gasteiger partial charge in [0.15, 0.2) is 17.3 Å². The molecule has 0 unspecified atom stereocenters. The Balaban J connectivity index is 2.02. The highest BCUT2D eigenvalue weighted by Gasteiger charge is 2.09. The Morgan fingerprint density at radius 3 is 2.63 bits per heavy atom. The van der Waals surface area contributed by atoms with Crippen LogP contribution in [0.5, 0.6) is 11.5 Å². The molecule has 0 saturated heterocycles. The lowest BCUT2D eigenvalue weighted by atomic mass is 10.2. The highest BCUT2D eigenvalue weighted by Crippen LogP contribution is 2.27. The van der Waals surface area contributed by atoms with Crippen molar-refractivity contribution < 1.29 is 18.7 Å². The minimum absolute atomic E-state index is 0.250. The molecule has 2 rings (SSSR count). The van der Waals surface area contributed by atoms with Gasteiger partial charge in [0.2, 0.25) is 0 Å². The van der Waals surface area contributed by atoms with E-state index >= 15 is 0 Å². The van der Waals surface area contributed by atoms with Crippen molar-refractivity contribution in [3.05, 3.63) is 47.9 Å². The van der Waals surface area contributed by atoms with Gasteiger partial charge >= 0.3 is 0 Å². The van der Waals surface area contributed by atoms with Gasteiger partial charge in [0.25, 0.3) is 5.91 Å². The molecule has 0 atom stereocenters. The summed E-state index contributed by atoms with van der Waals surface area (Å²) in [4.78, 5) is 11.7. The summed E-state index contributed by atoms with van der Waals surface area (Å²) in [5.41, 5.74) is 0.914. The predicted octanol–water partition coefficient (Wildman–Crippen LogP) is 2.23. The van der Waals surface area contributed by atoms with Gasteiger partial charge in [0.1, 0.15) is 0 Å². The van der Waals surface area contributed by atoms with Gasteiger partial charge in [-0.05, 0) is 29.8 Å². The number of rotatable bonds is 5. The first kappa shape index (κ1) is 13.0. The first-order valence-corrected chi connectivity index (χ1v) is 5.77. The fourth-order valence-corrected chi connectivity index (χ4v) is 1.67. The molecule has 1 aromatic carbocycles. The third-order valence-corrected chi connectivity index (χ3v) is 2.65. The van der Waals surface area contributed by atoms with Gasteiger partial charge < -0.3 is 19.2 Å². The quantitative estimate of drug-likeness (QED) is 0.896. The van der Waals surface area contributed by atoms with Crippen molar-refractivity contribution >= 4 is 5.91 Å². The number of hydrogen-bond donors (Lipinski definition) is 1. The zero-order chi connectivity index (χ0) is 13.7. The largest absolute Gasteiger partial charge is 0.493 e. The molecule has 0 spiro atoms. The number of nitrogens with one attached hydrogen (secondary N) is 1. The van der Waals surface area contributed by atoms with E-state index in [1.54, 1.807) is 32.4 Å². The third kappa shape index (κ3) is 3.07. The van der Waals surface area contributed by atoms with Crippen LogP contribution in [-0.4, -0.2) is 20.1 Å². The zero-order valence-corrected chi connectivity index (χ0v) is 10.8. The number of benzene rings is 1. The zero-order valence-electron chi connectivity index (χ0n) is 10.8. The summed E-state index contributed by atoms with van der Waals surface area (Å²) in [6.07, 6.45) is 1.46. The minimum atomic E-state index is -0.250. The smallest absolute Gasteiger partial charge is 0.287 e. The molecular formula is C14H15NO4. The minimum Gasteiger partial charge on any atom is -0.493 e. The molecule has 1 aromatic heterocycles. The maximum absolute atomic E-state index is 11.7. The molecule has 0 aliphatic heterocycles. The lowest BCUT2D eigenvalue weighted by molar-refractivity contribution is 0.0923. The Bertz CT molecular complexity index is 549. The predicted molar refractivity (Wildman–Crippen MR) is 69.4 cm³/mol. The molecule has 0 radical (unpaired) electrons. The Morgan fingerprint density at radius 1 is 1.21 bits per heavy atom. The first-order chi connectivity index (χ1) is 9.24. The SMILES string of the molecule is COc1ccc(CNC(=O)c2ccco2)cc1OC. The lowest BCUT2D eigenvalue weighted by Gasteiger charge is -2.09. The maximum Gasteiger partial charge on any atom is 0.287 e. The second-order valence-corrected chi connectivity index (χ2v) is 3.85. The van der Waals surface area contributed by atoms with E-state index < -0.39 is 0 Å². The molecule has 0 bridgehead atoms. The average molecular weight is 261 g/mol. The van der Waals surface area contributed by atoms with E-state index in [1.165, 1.54) is 6.26 Å². The van der Waals surface area contributed by atoms with Crippen molar-refractivity contribution in [2.24, 2.45) is 0 Å². The molecule has 0 aliphatic carbocycles. The van der Waals surface area contributed by atoms with Crippen molar-refractivity contribution in [2.75, 3.05) is 14.2 Å². The van der Waals surface area contributed by atoms with E-state index in [1.807, 2.05) is 12.1 Å². The molecule has 5 heteroatoms. The van der Waals surface area contributed by atoms with Crippen LogP contribution in [0.25, 0.3) is 0 Å². The van der Waals surface area contributed by atoms with Gasteiger partial charge in [-0.2, -0.15) is 0 Å². The first-order valence-electron chi connectivity index (χ1n) is 5.77. The second kappa shape index (κ2) is 5.95. The van der Waals surface area contributed by atoms with Gasteiger partial charge in [-0.25, -0.2) is 0 Å². The number of methoxy groups -OCH3 is 2. The highest BCUT2D eigenvalue weighted by atomic mass is 16.5. The number of ether oxygens (including phenoxy) is 2. The molecule has 0 aliphatic rings. The summed E-state index contributed by atoms with van der Waals surface area (Å²) < 4.78 is 15.4. The average Bonchev–Trinajstić information content (AvgIpc) is 2.98. The summed E-state index contributed by atoms with van der Waals surface area (Å²) in [6, 6.07) is 8.77. The van der Waals surface area contributed by atoms with Gasteiger partial charge in [0, 0.05) is 6.54 Å². The summed E-state index contributed by atoms with van der Waals surface area (Å²) in [5, 5.41) is 2.76. The molecule has 0 fully saturated rings. The third-order valence-electron chi connectivity index (χ3n) is 2.65. The fourth-order valence-electron chi connectivity index (χ4n) is 1.67. The molecule has 2 aromatic rings. The van der Waals surface area contributed by atoms with Crippen LogP contribution in [-0.2, 0) is 6.54 Å². The van der Waals surface area contributed by atoms with Crippen molar-refractivity contribution in [3.8, 4) is 11.5 Å². The molecule has 100 valence electrons. The number of hydrogen-bond acceptors (Lipinski definition) is 4. The van der Waals surface area contributed by atoms with Crippen LogP contribution in [0.1, 0.15) is 16.1 Å². The molecule has 1 amide bonds. The monoisotopic (exact) mass is 261 g/mol. The Hall–Kier alpha value is -2.43. The normalized spacial score (nSPS) is 10.0. The Kier molecular flexibility index (Phi) is 4.07. The van der Waals surface area contributed by atoms with Gasteiger partial charge in [0.05, 0.1) is 20.5 Å². The maximum atomic E-state index is 11.7. The fraction of sp³-hybridized carbons (Fsp3) is 0.214. The molecule has 5 nitrogen and oxygen atoms in total. The summed E-state index contributed by atoms with van der Waals surface area (Å²) >= 11 is 0. The van der Waals surface area contributed by atoms with Gasteiger partial charge in [-0.1, -0.05) is 6.07 Å². The number of carbonyl (C=O) groups is 1. The Morgan fingerprint density at radius 2 is 2.00 bits per heavy atom. The van der Waals surface area contributed by atoms with Crippen LogP contribution in [0, 0.1) is 0 Å². The Labute approximate surface area is 111 Å². The van der Waals surface area contributed by atoms with E-state index in [4.69, 9.17) is 13.9 Å². The van der Waals surface area contributed by atoms with Crippen LogP contribution in [0.15, 0.2) is 41.0 Å². The topological polar surface area (TPSA) is 60.7 Å². The summed E-state index contributed by atoms with van der Waals surface area (Å²) in [5.74, 6) is 1.33. The second-order valence-electron chi connectivity index (χ2n) is 3.85. The van der Waals surface area contributed by atoms with Crippen molar-refractivity contribution in [3.63, 3.8) is 0 Å². The molecule has 1 heterocycles. The number of amides is 1. The van der Waals surface area contributed by atoms with E-state index in [0.717, 1.165) is 5.56 Å². The van der Waals surface area contributed by atoms with Crippen molar-refractivity contribution in [1.29, 1.82) is 0 Å². The van der Waals surface area contributed by atoms with Crippen LogP contribution in [0.3, 0.4) is 0 Å². The molecule has 0 saturated carbocycles. The van der Waals surface area contributed by atoms with Crippen LogP contribution >= 0.6 is 0 Å². The van der Waals surface area contributed by atoms with Crippen molar-refractivity contribution in [2.45, 2.75) is 6.54 Å². The molecule has 19 heavy (non-hydrogen) atoms. The van der Waals surface area contributed by atoms with Crippen molar-refractivity contribution in [1.82, 2.24) is 5.32 Å². The van der Waals surface area contributed by atoms with Crippen LogP contribution in [0.2, 0.25) is 0 Å². The number of furan rings is 1. The van der Waals surface area contributed by atoms with E-state index in [0.29, 0.717) is 23.8 Å². The van der Waals surface area contributed by atoms with Gasteiger partial charge in [-0.3, -0.25) is 4.79 Å². The highest BCUT2D eigenvalue weighted by molar-refractivity contribution is 5.91. The van der Waals surface area contributed by atoms with E-state index in [2.05, 4.69) is 5.32 Å². The van der Waals surface area contributed by atoms with E-state index in [9.17, 15) is 4.79 Å². The molecule has 1 N–H and O–H groups in total. The van der Waals surface area contributed by atoms with Crippen LogP contribution in [0.4, 0.5) is 0 Å². The van der Waals surface area contributed by atoms with Crippen LogP contribution < -0.4 is 14.8 Å². The lowest BCUT2D eigenvalue weighted by Crippen LogP contribution is -2.22. The summed E-state index contributed by atoms with van der Waals surface area (Å²) in [6.45, 7) is 0.389. The van der Waals surface area contributed by atoms with E-state index in [-0.39, 0.29) is 5.91 Å². The summed E-state index contributed by atoms with van der Waals surface area (Å²) in [7, 11) is 3.15. The standard InChI is InChI=1S/C14H15NO4/c1-17-11-6-5-10(8-13(11)18-2)9-15-14(16)12-4-3-7-19-12/h3-8H,9H2,1-2H3,(H,15,16). The molecular weight excluding hydrogens is 246 g/mol. The number of carbonyl (C=O) groups excluding carboxylic acids is 1.